The van der Waals surface area contributed by atoms with Gasteiger partial charge in [0, 0.05) is 11.5 Å². The van der Waals surface area contributed by atoms with Crippen LogP contribution in [0.4, 0.5) is 0 Å². The van der Waals surface area contributed by atoms with E-state index in [1.807, 2.05) is 13.8 Å². The second-order valence-electron chi connectivity index (χ2n) is 10.8. The standard InChI is InChI=1S/C27H30O9S/c1-26-11-9-18-25(30)35-21(16-10-12-34-15-16)14-27(18,2)23(26)22(28)20(13-19(26)24(29)33-3)36-37(31,32)17-7-5-4-6-8-17/h4-8,10,12,15,18-21,23H,9,11,13-14H2,1-3H3/t18-,19-,20-,21+,23-,26-,27-/m0/s1. The molecule has 9 nitrogen and oxygen atoms in total. The number of hydrogen-bond acceptors (Lipinski definition) is 9. The number of ether oxygens (including phenoxy) is 2. The summed E-state index contributed by atoms with van der Waals surface area (Å²) in [5.41, 5.74) is -1.09. The highest BCUT2D eigenvalue weighted by atomic mass is 32.2. The van der Waals surface area contributed by atoms with E-state index in [0.717, 1.165) is 0 Å². The third-order valence-electron chi connectivity index (χ3n) is 8.78. The zero-order valence-electron chi connectivity index (χ0n) is 20.9. The van der Waals surface area contributed by atoms with Gasteiger partial charge in [-0.3, -0.25) is 18.6 Å². The quantitative estimate of drug-likeness (QED) is 0.418. The van der Waals surface area contributed by atoms with Gasteiger partial charge in [0.1, 0.15) is 12.2 Å². The molecule has 0 amide bonds. The molecule has 3 aliphatic rings. The number of Topliss-reactive ketones (excluding diaryl/α,β-unsaturated/α-hetero) is 1. The largest absolute Gasteiger partial charge is 0.472 e. The third kappa shape index (κ3) is 4.10. The van der Waals surface area contributed by atoms with Crippen LogP contribution in [0.25, 0.3) is 0 Å². The van der Waals surface area contributed by atoms with Crippen LogP contribution in [-0.2, 0) is 38.2 Å². The zero-order chi connectivity index (χ0) is 26.6. The molecule has 1 aromatic carbocycles. The van der Waals surface area contributed by atoms with Crippen molar-refractivity contribution in [1.82, 2.24) is 0 Å². The van der Waals surface area contributed by atoms with Gasteiger partial charge in [-0.25, -0.2) is 0 Å². The Balaban J connectivity index is 1.57. The highest BCUT2D eigenvalue weighted by Gasteiger charge is 2.67. The molecule has 0 bridgehead atoms. The molecule has 1 aliphatic heterocycles. The predicted molar refractivity (Wildman–Crippen MR) is 128 cm³/mol. The van der Waals surface area contributed by atoms with Crippen LogP contribution in [0, 0.1) is 28.6 Å². The Morgan fingerprint density at radius 2 is 1.81 bits per heavy atom. The lowest BCUT2D eigenvalue weighted by Gasteiger charge is -2.61. The lowest BCUT2D eigenvalue weighted by molar-refractivity contribution is -0.206. The van der Waals surface area contributed by atoms with Gasteiger partial charge in [0.25, 0.3) is 10.1 Å². The van der Waals surface area contributed by atoms with Crippen molar-refractivity contribution in [2.75, 3.05) is 7.11 Å². The molecule has 10 heteroatoms. The smallest absolute Gasteiger partial charge is 0.310 e. The van der Waals surface area contributed by atoms with Gasteiger partial charge in [0.15, 0.2) is 5.78 Å². The average molecular weight is 531 g/mol. The van der Waals surface area contributed by atoms with Crippen LogP contribution in [0.3, 0.4) is 0 Å². The fourth-order valence-electron chi connectivity index (χ4n) is 7.04. The summed E-state index contributed by atoms with van der Waals surface area (Å²) in [6.45, 7) is 3.74. The second-order valence-corrected chi connectivity index (χ2v) is 12.4. The Morgan fingerprint density at radius 1 is 1.08 bits per heavy atom. The van der Waals surface area contributed by atoms with Crippen molar-refractivity contribution in [2.24, 2.45) is 28.6 Å². The summed E-state index contributed by atoms with van der Waals surface area (Å²) in [4.78, 5) is 40.4. The van der Waals surface area contributed by atoms with E-state index in [4.69, 9.17) is 18.1 Å². The van der Waals surface area contributed by atoms with Crippen LogP contribution in [0.2, 0.25) is 0 Å². The van der Waals surface area contributed by atoms with Crippen LogP contribution >= 0.6 is 0 Å². The number of hydrogen-bond donors (Lipinski definition) is 0. The van der Waals surface area contributed by atoms with Crippen LogP contribution in [0.1, 0.15) is 51.2 Å². The van der Waals surface area contributed by atoms with Crippen LogP contribution in [0.15, 0.2) is 58.2 Å². The number of carbonyl (C=O) groups excluding carboxylic acids is 3. The molecule has 198 valence electrons. The first kappa shape index (κ1) is 25.7. The summed E-state index contributed by atoms with van der Waals surface area (Å²) in [7, 11) is -3.02. The molecule has 2 aliphatic carbocycles. The lowest BCUT2D eigenvalue weighted by atomic mass is 9.43. The minimum absolute atomic E-state index is 0.0836. The summed E-state index contributed by atoms with van der Waals surface area (Å²) in [6, 6.07) is 9.27. The molecule has 7 atom stereocenters. The molecule has 1 saturated heterocycles. The van der Waals surface area contributed by atoms with E-state index in [1.165, 1.54) is 31.8 Å². The van der Waals surface area contributed by atoms with Gasteiger partial charge in [-0.15, -0.1) is 0 Å². The number of ketones is 1. The van der Waals surface area contributed by atoms with Gasteiger partial charge in [-0.2, -0.15) is 8.42 Å². The number of esters is 2. The fraction of sp³-hybridized carbons (Fsp3) is 0.519. The number of methoxy groups -OCH3 is 1. The number of rotatable bonds is 5. The SMILES string of the molecule is COC(=O)[C@@H]1C[C@H](OS(=O)(=O)c2ccccc2)C(=O)[C@H]2[C@@]1(C)CC[C@H]1C(=O)O[C@@H](c3ccoc3)C[C@]21C. The molecular weight excluding hydrogens is 500 g/mol. The Labute approximate surface area is 215 Å². The average Bonchev–Trinajstić information content (AvgIpc) is 3.40. The van der Waals surface area contributed by atoms with E-state index in [1.54, 1.807) is 24.3 Å². The van der Waals surface area contributed by atoms with Gasteiger partial charge in [0.2, 0.25) is 0 Å². The monoisotopic (exact) mass is 530 g/mol. The predicted octanol–water partition coefficient (Wildman–Crippen LogP) is 3.84. The second kappa shape index (κ2) is 9.09. The first-order chi connectivity index (χ1) is 17.5. The van der Waals surface area contributed by atoms with Crippen molar-refractivity contribution in [3.63, 3.8) is 0 Å². The first-order valence-corrected chi connectivity index (χ1v) is 13.7. The van der Waals surface area contributed by atoms with Crippen molar-refractivity contribution >= 4 is 27.8 Å². The summed E-state index contributed by atoms with van der Waals surface area (Å²) in [5.74, 6) is -3.58. The zero-order valence-corrected chi connectivity index (χ0v) is 21.7. The van der Waals surface area contributed by atoms with Gasteiger partial charge >= 0.3 is 11.9 Å². The topological polar surface area (TPSA) is 126 Å². The summed E-state index contributed by atoms with van der Waals surface area (Å²) in [5, 5.41) is 0. The molecule has 37 heavy (non-hydrogen) atoms. The fourth-order valence-corrected chi connectivity index (χ4v) is 8.12. The van der Waals surface area contributed by atoms with Crippen molar-refractivity contribution < 1.29 is 40.9 Å². The number of fused-ring (bicyclic) bond motifs is 3. The highest BCUT2D eigenvalue weighted by molar-refractivity contribution is 7.86. The Morgan fingerprint density at radius 3 is 2.46 bits per heavy atom. The summed E-state index contributed by atoms with van der Waals surface area (Å²) >= 11 is 0. The normalized spacial score (nSPS) is 35.7. The molecule has 0 N–H and O–H groups in total. The molecule has 2 heterocycles. The highest BCUT2D eigenvalue weighted by Crippen LogP contribution is 2.65. The number of furan rings is 1. The van der Waals surface area contributed by atoms with Gasteiger partial charge in [-0.1, -0.05) is 32.0 Å². The number of cyclic esters (lactones) is 1. The summed E-state index contributed by atoms with van der Waals surface area (Å²) < 4.78 is 47.7. The van der Waals surface area contributed by atoms with E-state index < -0.39 is 68.6 Å². The first-order valence-electron chi connectivity index (χ1n) is 12.3. The molecular formula is C27H30O9S. The molecule has 0 unspecified atom stereocenters. The molecule has 1 aromatic heterocycles. The van der Waals surface area contributed by atoms with Crippen molar-refractivity contribution in [1.29, 1.82) is 0 Å². The lowest BCUT2D eigenvalue weighted by Crippen LogP contribution is -2.64. The van der Waals surface area contributed by atoms with E-state index >= 15 is 0 Å². The molecule has 3 fully saturated rings. The molecule has 0 spiro atoms. The third-order valence-corrected chi connectivity index (χ3v) is 10.1. The van der Waals surface area contributed by atoms with Crippen molar-refractivity contribution in [3.05, 3.63) is 54.5 Å². The van der Waals surface area contributed by atoms with E-state index in [0.29, 0.717) is 24.8 Å². The Bertz CT molecular complexity index is 1300. The van der Waals surface area contributed by atoms with Gasteiger partial charge in [0.05, 0.1) is 36.4 Å². The summed E-state index contributed by atoms with van der Waals surface area (Å²) in [6.07, 6.45) is 2.01. The minimum atomic E-state index is -4.29. The van der Waals surface area contributed by atoms with Crippen LogP contribution in [-0.4, -0.2) is 39.4 Å². The van der Waals surface area contributed by atoms with E-state index in [9.17, 15) is 22.8 Å². The van der Waals surface area contributed by atoms with Crippen LogP contribution in [0.5, 0.6) is 0 Å². The minimum Gasteiger partial charge on any atom is -0.472 e. The maximum atomic E-state index is 14.2. The molecule has 0 radical (unpaired) electrons. The van der Waals surface area contributed by atoms with Crippen molar-refractivity contribution in [3.8, 4) is 0 Å². The maximum Gasteiger partial charge on any atom is 0.310 e. The van der Waals surface area contributed by atoms with E-state index in [2.05, 4.69) is 0 Å². The maximum absolute atomic E-state index is 14.2. The molecule has 2 aromatic rings. The van der Waals surface area contributed by atoms with E-state index in [-0.39, 0.29) is 11.3 Å². The van der Waals surface area contributed by atoms with Gasteiger partial charge in [-0.05, 0) is 54.7 Å². The number of carbonyl (C=O) groups is 3. The number of benzene rings is 1. The van der Waals surface area contributed by atoms with Crippen LogP contribution < -0.4 is 0 Å². The van der Waals surface area contributed by atoms with Crippen molar-refractivity contribution in [2.45, 2.75) is 56.6 Å². The Kier molecular flexibility index (Phi) is 6.31. The molecule has 5 rings (SSSR count). The molecule has 2 saturated carbocycles. The Hall–Kier alpha value is -2.98. The van der Waals surface area contributed by atoms with Gasteiger partial charge < -0.3 is 13.9 Å².